The Hall–Kier alpha value is -0.870. The second-order valence-corrected chi connectivity index (χ2v) is 2.86. The highest BCUT2D eigenvalue weighted by atomic mass is 16.1. The Labute approximate surface area is 73.8 Å². The minimum atomic E-state index is -0.435. The Bertz CT molecular complexity index is 134. The highest BCUT2D eigenvalue weighted by molar-refractivity contribution is 5.90. The zero-order valence-corrected chi connectivity index (χ0v) is 8.00. The zero-order valence-electron chi connectivity index (χ0n) is 8.00. The lowest BCUT2D eigenvalue weighted by molar-refractivity contribution is -0.114. The van der Waals surface area contributed by atoms with Crippen LogP contribution in [-0.4, -0.2) is 18.0 Å². The van der Waals surface area contributed by atoms with Gasteiger partial charge in [-0.05, 0) is 20.8 Å². The molecule has 6 N–H and O–H groups in total. The number of nitrogens with two attached hydrogens (primary N) is 3. The third-order valence-corrected chi connectivity index (χ3v) is 1.25. The number of hydrogen-bond acceptors (Lipinski definition) is 3. The first-order valence-corrected chi connectivity index (χ1v) is 3.75. The van der Waals surface area contributed by atoms with Crippen LogP contribution < -0.4 is 17.2 Å². The summed E-state index contributed by atoms with van der Waals surface area (Å²) in [5, 5.41) is 0. The number of rotatable bonds is 2. The normalized spacial score (nSPS) is 13.8. The highest BCUT2D eigenvalue weighted by Crippen LogP contribution is 1.78. The van der Waals surface area contributed by atoms with E-state index in [-0.39, 0.29) is 12.1 Å². The van der Waals surface area contributed by atoms with Gasteiger partial charge >= 0.3 is 0 Å². The Kier molecular flexibility index (Phi) is 7.78. The summed E-state index contributed by atoms with van der Waals surface area (Å²) in [7, 11) is 0. The van der Waals surface area contributed by atoms with E-state index in [1.807, 2.05) is 13.8 Å². The first-order chi connectivity index (χ1) is 5.29. The van der Waals surface area contributed by atoms with Gasteiger partial charge in [0.2, 0.25) is 5.91 Å². The first kappa shape index (κ1) is 13.7. The number of carbonyl (C=O) groups excluding carboxylic acids is 1. The molecule has 2 atom stereocenters. The van der Waals surface area contributed by atoms with Gasteiger partial charge in [-0.3, -0.25) is 4.79 Å². The summed E-state index contributed by atoms with van der Waals surface area (Å²) in [6.45, 7) is 8.64. The molecule has 0 aliphatic rings. The molecule has 0 bridgehead atoms. The number of carbonyl (C=O) groups is 1. The predicted molar refractivity (Wildman–Crippen MR) is 51.3 cm³/mol. The molecule has 1 amide bonds. The highest BCUT2D eigenvalue weighted by Gasteiger charge is 1.96. The van der Waals surface area contributed by atoms with Gasteiger partial charge in [0, 0.05) is 17.7 Å². The van der Waals surface area contributed by atoms with Crippen molar-refractivity contribution in [2.24, 2.45) is 17.2 Å². The predicted octanol–water partition coefficient (Wildman–Crippen LogP) is -0.271. The molecule has 0 aliphatic heterocycles. The van der Waals surface area contributed by atoms with Crippen molar-refractivity contribution < 1.29 is 4.79 Å². The largest absolute Gasteiger partial charge is 0.366 e. The van der Waals surface area contributed by atoms with Crippen molar-refractivity contribution in [3.63, 3.8) is 0 Å². The van der Waals surface area contributed by atoms with Crippen molar-refractivity contribution in [3.8, 4) is 0 Å². The zero-order chi connectivity index (χ0) is 10.3. The van der Waals surface area contributed by atoms with E-state index < -0.39 is 5.91 Å². The van der Waals surface area contributed by atoms with Crippen LogP contribution in [0, 0.1) is 0 Å². The van der Waals surface area contributed by atoms with E-state index in [4.69, 9.17) is 17.2 Å². The quantitative estimate of drug-likeness (QED) is 0.501. The summed E-state index contributed by atoms with van der Waals surface area (Å²) in [5.74, 6) is -0.435. The molecule has 0 aromatic heterocycles. The molecule has 2 unspecified atom stereocenters. The minimum Gasteiger partial charge on any atom is -0.366 e. The first-order valence-electron chi connectivity index (χ1n) is 3.75. The average Bonchev–Trinajstić information content (AvgIpc) is 1.88. The lowest BCUT2D eigenvalue weighted by atomic mass is 10.2. The fourth-order valence-electron chi connectivity index (χ4n) is 0. The molecular weight excluding hydrogens is 154 g/mol. The molecule has 0 heterocycles. The maximum Gasteiger partial charge on any atom is 0.243 e. The second kappa shape index (κ2) is 6.82. The molecule has 0 aliphatic carbocycles. The Morgan fingerprint density at radius 2 is 1.42 bits per heavy atom. The molecular formula is C8H19N3O. The number of primary amides is 1. The van der Waals surface area contributed by atoms with Crippen molar-refractivity contribution in [1.29, 1.82) is 0 Å². The van der Waals surface area contributed by atoms with Gasteiger partial charge in [0.1, 0.15) is 0 Å². The van der Waals surface area contributed by atoms with Gasteiger partial charge in [0.25, 0.3) is 0 Å². The fourth-order valence-corrected chi connectivity index (χ4v) is 0. The molecule has 0 radical (unpaired) electrons. The van der Waals surface area contributed by atoms with Crippen molar-refractivity contribution in [3.05, 3.63) is 12.2 Å². The Balaban J connectivity index is 0. The molecule has 0 aromatic carbocycles. The third-order valence-electron chi connectivity index (χ3n) is 1.25. The second-order valence-electron chi connectivity index (χ2n) is 2.86. The van der Waals surface area contributed by atoms with Gasteiger partial charge in [-0.1, -0.05) is 6.58 Å². The van der Waals surface area contributed by atoms with Gasteiger partial charge in [0.15, 0.2) is 0 Å². The lowest BCUT2D eigenvalue weighted by Crippen LogP contribution is -2.35. The number of hydrogen-bond donors (Lipinski definition) is 3. The van der Waals surface area contributed by atoms with Crippen molar-refractivity contribution in [1.82, 2.24) is 0 Å². The molecule has 0 rings (SSSR count). The molecule has 0 spiro atoms. The summed E-state index contributed by atoms with van der Waals surface area (Å²) >= 11 is 0. The van der Waals surface area contributed by atoms with Gasteiger partial charge in [-0.2, -0.15) is 0 Å². The van der Waals surface area contributed by atoms with E-state index in [9.17, 15) is 4.79 Å². The van der Waals surface area contributed by atoms with E-state index in [0.717, 1.165) is 0 Å². The molecule has 0 saturated carbocycles. The number of amides is 1. The minimum absolute atomic E-state index is 0.130. The van der Waals surface area contributed by atoms with Crippen LogP contribution in [0.5, 0.6) is 0 Å². The summed E-state index contributed by atoms with van der Waals surface area (Å²) in [5.41, 5.74) is 15.7. The van der Waals surface area contributed by atoms with Crippen molar-refractivity contribution in [2.45, 2.75) is 32.9 Å². The smallest absolute Gasteiger partial charge is 0.243 e. The molecule has 0 aromatic rings. The summed E-state index contributed by atoms with van der Waals surface area (Å²) < 4.78 is 0. The third kappa shape index (κ3) is 11.9. The molecule has 0 saturated heterocycles. The van der Waals surface area contributed by atoms with E-state index in [1.165, 1.54) is 0 Å². The van der Waals surface area contributed by atoms with Crippen LogP contribution in [-0.2, 0) is 4.79 Å². The van der Waals surface area contributed by atoms with Crippen LogP contribution in [0.2, 0.25) is 0 Å². The SMILES string of the molecule is C=C(C)C(N)=O.CC(N)C(C)N. The summed E-state index contributed by atoms with van der Waals surface area (Å²) in [6.07, 6.45) is 0. The monoisotopic (exact) mass is 173 g/mol. The fraction of sp³-hybridized carbons (Fsp3) is 0.625. The van der Waals surface area contributed by atoms with E-state index >= 15 is 0 Å². The van der Waals surface area contributed by atoms with Crippen LogP contribution >= 0.6 is 0 Å². The Morgan fingerprint density at radius 3 is 1.42 bits per heavy atom. The topological polar surface area (TPSA) is 95.1 Å². The van der Waals surface area contributed by atoms with Crippen LogP contribution in [0.4, 0.5) is 0 Å². The molecule has 4 heteroatoms. The van der Waals surface area contributed by atoms with E-state index in [1.54, 1.807) is 6.92 Å². The maximum absolute atomic E-state index is 9.82. The molecule has 12 heavy (non-hydrogen) atoms. The van der Waals surface area contributed by atoms with Crippen LogP contribution in [0.1, 0.15) is 20.8 Å². The standard InChI is InChI=1S/C4H12N2.C4H7NO/c1-3(5)4(2)6;1-3(2)4(5)6/h3-4H,5-6H2,1-2H3;1H2,2H3,(H2,5,6). The van der Waals surface area contributed by atoms with Crippen LogP contribution in [0.15, 0.2) is 12.2 Å². The average molecular weight is 173 g/mol. The van der Waals surface area contributed by atoms with Crippen molar-refractivity contribution >= 4 is 5.91 Å². The summed E-state index contributed by atoms with van der Waals surface area (Å²) in [4.78, 5) is 9.82. The van der Waals surface area contributed by atoms with Gasteiger partial charge in [-0.15, -0.1) is 0 Å². The van der Waals surface area contributed by atoms with Gasteiger partial charge in [-0.25, -0.2) is 0 Å². The van der Waals surface area contributed by atoms with E-state index in [2.05, 4.69) is 6.58 Å². The van der Waals surface area contributed by atoms with Crippen LogP contribution in [0.25, 0.3) is 0 Å². The molecule has 0 fully saturated rings. The van der Waals surface area contributed by atoms with E-state index in [0.29, 0.717) is 5.57 Å². The van der Waals surface area contributed by atoms with Gasteiger partial charge in [0.05, 0.1) is 0 Å². The maximum atomic E-state index is 9.82. The van der Waals surface area contributed by atoms with Crippen molar-refractivity contribution in [2.75, 3.05) is 0 Å². The Morgan fingerprint density at radius 1 is 1.25 bits per heavy atom. The summed E-state index contributed by atoms with van der Waals surface area (Å²) in [6, 6.07) is 0.259. The lowest BCUT2D eigenvalue weighted by Gasteiger charge is -2.06. The molecule has 72 valence electrons. The van der Waals surface area contributed by atoms with Crippen LogP contribution in [0.3, 0.4) is 0 Å². The van der Waals surface area contributed by atoms with Gasteiger partial charge < -0.3 is 17.2 Å². The molecule has 4 nitrogen and oxygen atoms in total.